The number of nitrogens with zero attached hydrogens (tertiary/aromatic N) is 1. The molecule has 9 heteroatoms. The summed E-state index contributed by atoms with van der Waals surface area (Å²) < 4.78 is 26.3. The van der Waals surface area contributed by atoms with Crippen LogP contribution in [0.2, 0.25) is 0 Å². The van der Waals surface area contributed by atoms with Crippen molar-refractivity contribution in [3.8, 4) is 23.0 Å². The molecule has 0 aromatic heterocycles. The molecular formula is C19H19NO8. The lowest BCUT2D eigenvalue weighted by molar-refractivity contribution is -0.385. The molecule has 0 bridgehead atoms. The van der Waals surface area contributed by atoms with Crippen LogP contribution in [0.1, 0.15) is 23.7 Å². The summed E-state index contributed by atoms with van der Waals surface area (Å²) in [6, 6.07) is 9.46. The van der Waals surface area contributed by atoms with Crippen molar-refractivity contribution in [2.75, 3.05) is 26.6 Å². The minimum Gasteiger partial charge on any atom is -0.494 e. The van der Waals surface area contributed by atoms with Crippen LogP contribution in [0.25, 0.3) is 0 Å². The summed E-state index contributed by atoms with van der Waals surface area (Å²) in [5.41, 5.74) is -0.607. The van der Waals surface area contributed by atoms with E-state index >= 15 is 0 Å². The molecular weight excluding hydrogens is 370 g/mol. The van der Waals surface area contributed by atoms with Gasteiger partial charge < -0.3 is 23.7 Å². The average molecular weight is 389 g/mol. The lowest BCUT2D eigenvalue weighted by Crippen LogP contribution is -2.13. The fourth-order valence-corrected chi connectivity index (χ4v) is 2.47. The third-order valence-electron chi connectivity index (χ3n) is 3.79. The number of hydrogen-bond acceptors (Lipinski definition) is 8. The summed E-state index contributed by atoms with van der Waals surface area (Å²) in [6.45, 7) is 2.64. The second-order valence-corrected chi connectivity index (χ2v) is 5.78. The molecule has 0 fully saturated rings. The van der Waals surface area contributed by atoms with Gasteiger partial charge in [-0.3, -0.25) is 10.1 Å². The van der Waals surface area contributed by atoms with Crippen molar-refractivity contribution >= 4 is 11.7 Å². The van der Waals surface area contributed by atoms with Gasteiger partial charge in [-0.05, 0) is 30.7 Å². The molecule has 0 atom stereocenters. The highest BCUT2D eigenvalue weighted by atomic mass is 16.7. The average Bonchev–Trinajstić information content (AvgIpc) is 3.17. The second-order valence-electron chi connectivity index (χ2n) is 5.78. The third kappa shape index (κ3) is 4.61. The van der Waals surface area contributed by atoms with E-state index in [2.05, 4.69) is 0 Å². The molecule has 0 saturated heterocycles. The normalized spacial score (nSPS) is 11.8. The number of hydrogen-bond donors (Lipinski definition) is 0. The van der Waals surface area contributed by atoms with Gasteiger partial charge in [-0.2, -0.15) is 0 Å². The Bertz CT molecular complexity index is 850. The van der Waals surface area contributed by atoms with Crippen LogP contribution in [-0.4, -0.2) is 37.5 Å². The quantitative estimate of drug-likeness (QED) is 0.278. The van der Waals surface area contributed by atoms with Crippen LogP contribution >= 0.6 is 0 Å². The summed E-state index contributed by atoms with van der Waals surface area (Å²) in [6.07, 6.45) is 0.922. The van der Waals surface area contributed by atoms with E-state index in [9.17, 15) is 14.9 Å². The van der Waals surface area contributed by atoms with Crippen molar-refractivity contribution in [3.05, 3.63) is 52.1 Å². The first-order valence-corrected chi connectivity index (χ1v) is 8.69. The first-order valence-electron chi connectivity index (χ1n) is 8.69. The van der Waals surface area contributed by atoms with Gasteiger partial charge >= 0.3 is 5.97 Å². The number of esters is 1. The maximum Gasteiger partial charge on any atom is 0.345 e. The minimum absolute atomic E-state index is 0.0545. The van der Waals surface area contributed by atoms with Crippen LogP contribution in [-0.2, 0) is 4.74 Å². The van der Waals surface area contributed by atoms with Crippen LogP contribution in [0.5, 0.6) is 23.0 Å². The molecule has 0 amide bonds. The van der Waals surface area contributed by atoms with Crippen molar-refractivity contribution in [1.29, 1.82) is 0 Å². The maximum absolute atomic E-state index is 12.2. The summed E-state index contributed by atoms with van der Waals surface area (Å²) in [7, 11) is 0. The maximum atomic E-state index is 12.2. The fourth-order valence-electron chi connectivity index (χ4n) is 2.47. The van der Waals surface area contributed by atoms with Gasteiger partial charge in [-0.25, -0.2) is 4.79 Å². The lowest BCUT2D eigenvalue weighted by atomic mass is 10.1. The molecule has 1 aliphatic heterocycles. The zero-order chi connectivity index (χ0) is 19.9. The Morgan fingerprint density at radius 3 is 2.25 bits per heavy atom. The monoisotopic (exact) mass is 389 g/mol. The molecule has 2 aromatic rings. The summed E-state index contributed by atoms with van der Waals surface area (Å²) in [5, 5.41) is 11.2. The van der Waals surface area contributed by atoms with E-state index < -0.39 is 16.6 Å². The number of ether oxygens (including phenoxy) is 5. The van der Waals surface area contributed by atoms with Crippen LogP contribution in [0.15, 0.2) is 36.4 Å². The lowest BCUT2D eigenvalue weighted by Gasteiger charge is -2.09. The molecule has 0 N–H and O–H groups in total. The first kappa shape index (κ1) is 19.3. The zero-order valence-corrected chi connectivity index (χ0v) is 15.2. The van der Waals surface area contributed by atoms with Gasteiger partial charge in [0, 0.05) is 6.07 Å². The Balaban J connectivity index is 1.53. The molecule has 9 nitrogen and oxygen atoms in total. The van der Waals surface area contributed by atoms with Crippen molar-refractivity contribution in [1.82, 2.24) is 0 Å². The molecule has 1 aliphatic rings. The Morgan fingerprint density at radius 2 is 1.64 bits per heavy atom. The van der Waals surface area contributed by atoms with E-state index in [0.717, 1.165) is 18.2 Å². The summed E-state index contributed by atoms with van der Waals surface area (Å²) in [5.74, 6) is 0.985. The molecule has 28 heavy (non-hydrogen) atoms. The van der Waals surface area contributed by atoms with Crippen molar-refractivity contribution in [2.24, 2.45) is 0 Å². The van der Waals surface area contributed by atoms with Crippen molar-refractivity contribution in [3.63, 3.8) is 0 Å². The molecule has 2 aromatic carbocycles. The van der Waals surface area contributed by atoms with E-state index in [-0.39, 0.29) is 37.1 Å². The van der Waals surface area contributed by atoms with E-state index in [0.29, 0.717) is 12.4 Å². The number of carbonyl (C=O) groups is 1. The zero-order valence-electron chi connectivity index (χ0n) is 15.2. The first-order chi connectivity index (χ1) is 13.6. The summed E-state index contributed by atoms with van der Waals surface area (Å²) >= 11 is 0. The molecule has 0 aliphatic carbocycles. The van der Waals surface area contributed by atoms with Gasteiger partial charge in [0.1, 0.15) is 30.3 Å². The van der Waals surface area contributed by atoms with Gasteiger partial charge in [0.25, 0.3) is 5.69 Å². The van der Waals surface area contributed by atoms with E-state index in [4.69, 9.17) is 23.7 Å². The number of carbonyl (C=O) groups excluding carboxylic acids is 1. The predicted octanol–water partition coefficient (Wildman–Crippen LogP) is 3.35. The van der Waals surface area contributed by atoms with Gasteiger partial charge in [-0.15, -0.1) is 0 Å². The topological polar surface area (TPSA) is 106 Å². The molecule has 0 radical (unpaired) electrons. The molecule has 148 valence electrons. The van der Waals surface area contributed by atoms with Gasteiger partial charge in [0.05, 0.1) is 17.6 Å². The highest BCUT2D eigenvalue weighted by molar-refractivity contribution is 5.95. The molecule has 0 unspecified atom stereocenters. The fraction of sp³-hybridized carbons (Fsp3) is 0.316. The molecule has 0 saturated carbocycles. The number of benzene rings is 2. The smallest absolute Gasteiger partial charge is 0.345 e. The van der Waals surface area contributed by atoms with E-state index in [1.165, 1.54) is 6.07 Å². The molecule has 3 rings (SSSR count). The van der Waals surface area contributed by atoms with Crippen LogP contribution in [0.3, 0.4) is 0 Å². The van der Waals surface area contributed by atoms with Crippen LogP contribution in [0.4, 0.5) is 5.69 Å². The number of nitro groups is 1. The Morgan fingerprint density at radius 1 is 1.04 bits per heavy atom. The van der Waals surface area contributed by atoms with Crippen LogP contribution < -0.4 is 18.9 Å². The van der Waals surface area contributed by atoms with E-state index in [1.807, 2.05) is 6.92 Å². The van der Waals surface area contributed by atoms with Crippen molar-refractivity contribution in [2.45, 2.75) is 13.3 Å². The van der Waals surface area contributed by atoms with Gasteiger partial charge in [0.15, 0.2) is 11.5 Å². The molecule has 1 heterocycles. The standard InChI is InChI=1S/C19H19NO8/c1-2-7-24-13-3-5-14(6-4-13)25-8-9-26-19(21)15-10-17-18(28-12-27-17)11-16(15)20(22)23/h3-6,10-11H,2,7-9,12H2,1H3. The SMILES string of the molecule is CCCOc1ccc(OCCOC(=O)c2cc3c(cc2[N+](=O)[O-])OCO3)cc1. The third-order valence-corrected chi connectivity index (χ3v) is 3.79. The number of nitro benzene ring substituents is 1. The Labute approximate surface area is 160 Å². The van der Waals surface area contributed by atoms with Crippen molar-refractivity contribution < 1.29 is 33.4 Å². The number of fused-ring (bicyclic) bond motifs is 1. The Kier molecular flexibility index (Phi) is 6.15. The largest absolute Gasteiger partial charge is 0.494 e. The Hall–Kier alpha value is -3.49. The predicted molar refractivity (Wildman–Crippen MR) is 97.2 cm³/mol. The molecule has 0 spiro atoms. The highest BCUT2D eigenvalue weighted by Crippen LogP contribution is 2.38. The van der Waals surface area contributed by atoms with Crippen LogP contribution in [0, 0.1) is 10.1 Å². The second kappa shape index (κ2) is 8.94. The minimum atomic E-state index is -0.836. The highest BCUT2D eigenvalue weighted by Gasteiger charge is 2.28. The summed E-state index contributed by atoms with van der Waals surface area (Å²) in [4.78, 5) is 22.8. The van der Waals surface area contributed by atoms with Gasteiger partial charge in [0.2, 0.25) is 6.79 Å². The number of rotatable bonds is 9. The van der Waals surface area contributed by atoms with Gasteiger partial charge in [-0.1, -0.05) is 6.92 Å². The van der Waals surface area contributed by atoms with E-state index in [1.54, 1.807) is 24.3 Å².